The number of urea groups is 1. The largest absolute Gasteiger partial charge is 0.431 e. The minimum absolute atomic E-state index is 0.0214. The number of aliphatic imine (C=N–C) groups is 1. The van der Waals surface area contributed by atoms with Gasteiger partial charge >= 0.3 is 18.2 Å². The van der Waals surface area contributed by atoms with Crippen LogP contribution in [0.25, 0.3) is 0 Å². The summed E-state index contributed by atoms with van der Waals surface area (Å²) in [5.41, 5.74) is 0.532. The number of hydrogen-bond acceptors (Lipinski definition) is 6. The van der Waals surface area contributed by atoms with Crippen LogP contribution in [0.4, 0.5) is 23.7 Å². The molecule has 2 aliphatic heterocycles. The first-order chi connectivity index (χ1) is 15.1. The lowest BCUT2D eigenvalue weighted by Gasteiger charge is -2.21. The number of hydrogen-bond donors (Lipinski definition) is 1. The molecule has 168 valence electrons. The Hall–Kier alpha value is -3.83. The zero-order valence-corrected chi connectivity index (χ0v) is 17.1. The van der Waals surface area contributed by atoms with E-state index in [1.54, 1.807) is 13.8 Å². The Bertz CT molecular complexity index is 1120. The van der Waals surface area contributed by atoms with Gasteiger partial charge in [-0.25, -0.2) is 4.79 Å². The van der Waals surface area contributed by atoms with Crippen LogP contribution in [0, 0.1) is 13.8 Å². The number of nitrogens with zero attached hydrogens (tertiary/aromatic N) is 4. The van der Waals surface area contributed by atoms with Crippen molar-refractivity contribution < 1.29 is 32.0 Å². The molecule has 3 heterocycles. The standard InChI is InChI=1S/C20H18F3N5O4/c1-11-15(12(2)32-26-11)9-27-6-7-28-16(10-31-19(28)25-18(27)30)17(29)24-14-5-3-4-13(8-14)20(21,22)23/h3-5,8,10H,6-7,9H2,1-2H3,(H,24,29). The maximum Gasteiger partial charge on any atom is 0.416 e. The first-order valence-corrected chi connectivity index (χ1v) is 9.56. The number of anilines is 1. The predicted molar refractivity (Wildman–Crippen MR) is 105 cm³/mol. The van der Waals surface area contributed by atoms with Crippen LogP contribution >= 0.6 is 0 Å². The van der Waals surface area contributed by atoms with Gasteiger partial charge in [0.1, 0.15) is 17.7 Å². The summed E-state index contributed by atoms with van der Waals surface area (Å²) >= 11 is 0. The molecule has 1 aromatic carbocycles. The summed E-state index contributed by atoms with van der Waals surface area (Å²) < 4.78 is 49.2. The van der Waals surface area contributed by atoms with E-state index in [4.69, 9.17) is 9.26 Å². The fourth-order valence-corrected chi connectivity index (χ4v) is 3.32. The molecular formula is C20H18F3N5O4. The molecule has 1 aromatic heterocycles. The van der Waals surface area contributed by atoms with E-state index < -0.39 is 23.7 Å². The summed E-state index contributed by atoms with van der Waals surface area (Å²) in [6.07, 6.45) is -3.43. The number of benzene rings is 1. The fourth-order valence-electron chi connectivity index (χ4n) is 3.32. The highest BCUT2D eigenvalue weighted by Crippen LogP contribution is 2.31. The van der Waals surface area contributed by atoms with Crippen molar-refractivity contribution >= 4 is 23.6 Å². The molecule has 0 saturated carbocycles. The van der Waals surface area contributed by atoms with E-state index in [0.717, 1.165) is 24.0 Å². The van der Waals surface area contributed by atoms with Crippen LogP contribution in [-0.2, 0) is 22.3 Å². The van der Waals surface area contributed by atoms with Crippen molar-refractivity contribution in [1.29, 1.82) is 0 Å². The van der Waals surface area contributed by atoms with Gasteiger partial charge in [0.05, 0.1) is 17.8 Å². The first-order valence-electron chi connectivity index (χ1n) is 9.56. The number of nitrogens with one attached hydrogen (secondary N) is 1. The number of amides is 3. The average molecular weight is 449 g/mol. The van der Waals surface area contributed by atoms with Crippen molar-refractivity contribution in [2.24, 2.45) is 4.99 Å². The number of carbonyl (C=O) groups is 2. The second-order valence-corrected chi connectivity index (χ2v) is 7.21. The van der Waals surface area contributed by atoms with Crippen LogP contribution in [0.5, 0.6) is 0 Å². The molecule has 0 spiro atoms. The Kier molecular flexibility index (Phi) is 5.36. The third-order valence-electron chi connectivity index (χ3n) is 5.06. The maximum absolute atomic E-state index is 12.9. The van der Waals surface area contributed by atoms with Gasteiger partial charge in [-0.1, -0.05) is 11.2 Å². The summed E-state index contributed by atoms with van der Waals surface area (Å²) in [5.74, 6) is -0.105. The third-order valence-corrected chi connectivity index (χ3v) is 5.06. The lowest BCUT2D eigenvalue weighted by Crippen LogP contribution is -2.36. The molecule has 2 aliphatic rings. The fraction of sp³-hybridized carbons (Fsp3) is 0.300. The molecule has 9 nitrogen and oxygen atoms in total. The van der Waals surface area contributed by atoms with Gasteiger partial charge in [-0.2, -0.15) is 13.2 Å². The molecule has 2 aromatic rings. The smallest absolute Gasteiger partial charge is 0.416 e. The predicted octanol–water partition coefficient (Wildman–Crippen LogP) is 3.41. The number of alkyl halides is 3. The summed E-state index contributed by atoms with van der Waals surface area (Å²) in [4.78, 5) is 32.0. The Morgan fingerprint density at radius 3 is 2.72 bits per heavy atom. The number of fused-ring (bicyclic) bond motifs is 1. The molecule has 0 saturated heterocycles. The summed E-state index contributed by atoms with van der Waals surface area (Å²) in [6.45, 7) is 4.13. The maximum atomic E-state index is 12.9. The Labute approximate surface area is 180 Å². The van der Waals surface area contributed by atoms with E-state index in [0.29, 0.717) is 11.5 Å². The van der Waals surface area contributed by atoms with Gasteiger partial charge in [0, 0.05) is 24.3 Å². The first kappa shape index (κ1) is 21.4. The lowest BCUT2D eigenvalue weighted by molar-refractivity contribution is -0.137. The van der Waals surface area contributed by atoms with Crippen LogP contribution < -0.4 is 5.32 Å². The topological polar surface area (TPSA) is 100 Å². The Morgan fingerprint density at radius 2 is 2.03 bits per heavy atom. The molecule has 1 N–H and O–H groups in total. The zero-order valence-electron chi connectivity index (χ0n) is 17.1. The minimum Gasteiger partial charge on any atom is -0.431 e. The van der Waals surface area contributed by atoms with Crippen LogP contribution in [-0.4, -0.2) is 46.0 Å². The second-order valence-electron chi connectivity index (χ2n) is 7.21. The lowest BCUT2D eigenvalue weighted by atomic mass is 10.2. The summed E-state index contributed by atoms with van der Waals surface area (Å²) in [5, 5.41) is 6.29. The van der Waals surface area contributed by atoms with Crippen molar-refractivity contribution in [3.8, 4) is 0 Å². The SMILES string of the molecule is Cc1noc(C)c1CN1CCN2C(C(=O)Nc3cccc(C(F)(F)F)c3)=COC2=NC1=O. The van der Waals surface area contributed by atoms with E-state index in [-0.39, 0.29) is 37.0 Å². The van der Waals surface area contributed by atoms with Crippen LogP contribution in [0.3, 0.4) is 0 Å². The number of halogens is 3. The van der Waals surface area contributed by atoms with Crippen LogP contribution in [0.2, 0.25) is 0 Å². The molecule has 0 bridgehead atoms. The third kappa shape index (κ3) is 4.15. The van der Waals surface area contributed by atoms with E-state index >= 15 is 0 Å². The molecule has 0 aliphatic carbocycles. The number of rotatable bonds is 4. The summed E-state index contributed by atoms with van der Waals surface area (Å²) in [7, 11) is 0. The van der Waals surface area contributed by atoms with Gasteiger partial charge in [0.15, 0.2) is 0 Å². The molecule has 0 fully saturated rings. The molecule has 4 rings (SSSR count). The van der Waals surface area contributed by atoms with E-state index in [1.165, 1.54) is 21.9 Å². The molecule has 0 atom stereocenters. The second kappa shape index (κ2) is 8.02. The molecule has 12 heteroatoms. The van der Waals surface area contributed by atoms with E-state index in [2.05, 4.69) is 15.5 Å². The van der Waals surface area contributed by atoms with Crippen molar-refractivity contribution in [2.45, 2.75) is 26.6 Å². The van der Waals surface area contributed by atoms with Gasteiger partial charge in [0.25, 0.3) is 5.91 Å². The molecule has 0 radical (unpaired) electrons. The van der Waals surface area contributed by atoms with Gasteiger partial charge in [-0.3, -0.25) is 9.69 Å². The Balaban J connectivity index is 1.47. The van der Waals surface area contributed by atoms with E-state index in [9.17, 15) is 22.8 Å². The highest BCUT2D eigenvalue weighted by molar-refractivity contribution is 6.08. The highest BCUT2D eigenvalue weighted by Gasteiger charge is 2.35. The van der Waals surface area contributed by atoms with Crippen molar-refractivity contribution in [2.75, 3.05) is 18.4 Å². The number of carbonyl (C=O) groups excluding carboxylic acids is 2. The quantitative estimate of drug-likeness (QED) is 0.768. The van der Waals surface area contributed by atoms with Crippen LogP contribution in [0.15, 0.2) is 45.7 Å². The summed E-state index contributed by atoms with van der Waals surface area (Å²) in [6, 6.07) is 3.64. The number of aromatic nitrogens is 1. The number of amidine groups is 1. The number of aryl methyl sites for hydroxylation is 2. The van der Waals surface area contributed by atoms with Gasteiger partial charge in [0.2, 0.25) is 0 Å². The monoisotopic (exact) mass is 449 g/mol. The Morgan fingerprint density at radius 1 is 1.25 bits per heavy atom. The molecule has 0 unspecified atom stereocenters. The molecule has 3 amide bonds. The van der Waals surface area contributed by atoms with E-state index in [1.807, 2.05) is 0 Å². The minimum atomic E-state index is -4.54. The highest BCUT2D eigenvalue weighted by atomic mass is 19.4. The normalized spacial score (nSPS) is 16.2. The van der Waals surface area contributed by atoms with Crippen molar-refractivity contribution in [3.63, 3.8) is 0 Å². The zero-order chi connectivity index (χ0) is 23.0. The average Bonchev–Trinajstić information content (AvgIpc) is 3.23. The van der Waals surface area contributed by atoms with Crippen molar-refractivity contribution in [3.05, 3.63) is 58.8 Å². The van der Waals surface area contributed by atoms with Gasteiger partial charge < -0.3 is 19.5 Å². The van der Waals surface area contributed by atoms with Crippen molar-refractivity contribution in [1.82, 2.24) is 15.0 Å². The number of ether oxygens (including phenoxy) is 1. The van der Waals surface area contributed by atoms with Gasteiger partial charge in [-0.15, -0.1) is 4.99 Å². The van der Waals surface area contributed by atoms with Crippen LogP contribution in [0.1, 0.15) is 22.6 Å². The van der Waals surface area contributed by atoms with Gasteiger partial charge in [-0.05, 0) is 32.0 Å². The molecular weight excluding hydrogens is 431 g/mol. The molecule has 32 heavy (non-hydrogen) atoms.